The fourth-order valence-corrected chi connectivity index (χ4v) is 1.84. The summed E-state index contributed by atoms with van der Waals surface area (Å²) in [6, 6.07) is 8.36. The number of carbonyl (C=O) groups excluding carboxylic acids is 1. The minimum Gasteiger partial charge on any atom is -0.482 e. The normalized spacial score (nSPS) is 11.1. The lowest BCUT2D eigenvalue weighted by Crippen LogP contribution is -2.19. The number of benzene rings is 1. The van der Waals surface area contributed by atoms with Gasteiger partial charge >= 0.3 is 5.97 Å². The minimum absolute atomic E-state index is 0.367. The van der Waals surface area contributed by atoms with E-state index in [0.29, 0.717) is 28.3 Å². The molecule has 0 aliphatic heterocycles. The Balaban J connectivity index is 2.06. The van der Waals surface area contributed by atoms with Crippen LogP contribution < -0.4 is 10.2 Å². The van der Waals surface area contributed by atoms with E-state index in [-0.39, 0.29) is 5.91 Å². The first-order valence-electron chi connectivity index (χ1n) is 6.81. The summed E-state index contributed by atoms with van der Waals surface area (Å²) in [5.74, 6) is -0.492. The third-order valence-electron chi connectivity index (χ3n) is 3.04. The molecule has 0 unspecified atom stereocenters. The highest BCUT2D eigenvalue weighted by Gasteiger charge is 2.10. The molecule has 7 nitrogen and oxygen atoms in total. The van der Waals surface area contributed by atoms with Crippen molar-refractivity contribution in [3.63, 3.8) is 0 Å². The Morgan fingerprint density at radius 1 is 1.35 bits per heavy atom. The number of hydrogen-bond acceptors (Lipinski definition) is 5. The number of rotatable bonds is 6. The van der Waals surface area contributed by atoms with Gasteiger partial charge in [0.1, 0.15) is 11.5 Å². The minimum atomic E-state index is -1.05. The predicted molar refractivity (Wildman–Crippen MR) is 82.7 cm³/mol. The quantitative estimate of drug-likeness (QED) is 0.628. The Labute approximate surface area is 132 Å². The van der Waals surface area contributed by atoms with Crippen molar-refractivity contribution in [2.24, 2.45) is 5.10 Å². The lowest BCUT2D eigenvalue weighted by Gasteiger charge is -2.06. The van der Waals surface area contributed by atoms with Gasteiger partial charge in [0.25, 0.3) is 5.91 Å². The number of hydrogen-bond donors (Lipinski definition) is 2. The Bertz CT molecular complexity index is 748. The number of nitrogens with zero attached hydrogens (tertiary/aromatic N) is 1. The third kappa shape index (κ3) is 4.44. The second-order valence-electron chi connectivity index (χ2n) is 4.74. The standard InChI is InChI=1S/C16H16N2O5/c1-10(17-18-16(21)14-6-7-22-11(14)2)12-4-3-5-13(8-12)23-9-15(19)20/h3-8H,9H2,1-2H3,(H,18,21)(H,19,20)/b17-10-. The van der Waals surface area contributed by atoms with Gasteiger partial charge in [-0.15, -0.1) is 0 Å². The van der Waals surface area contributed by atoms with Crippen LogP contribution in [0.2, 0.25) is 0 Å². The van der Waals surface area contributed by atoms with Crippen molar-refractivity contribution < 1.29 is 23.8 Å². The Kier molecular flexibility index (Phi) is 5.14. The van der Waals surface area contributed by atoms with E-state index in [1.165, 1.54) is 6.26 Å². The number of amides is 1. The SMILES string of the molecule is C/C(=N/NC(=O)c1ccoc1C)c1cccc(OCC(=O)O)c1. The number of ether oxygens (including phenoxy) is 1. The number of carboxylic acids is 1. The average Bonchev–Trinajstić information content (AvgIpc) is 2.96. The molecule has 0 fully saturated rings. The fourth-order valence-electron chi connectivity index (χ4n) is 1.84. The van der Waals surface area contributed by atoms with Crippen LogP contribution in [0.25, 0.3) is 0 Å². The van der Waals surface area contributed by atoms with Crippen molar-refractivity contribution in [2.45, 2.75) is 13.8 Å². The van der Waals surface area contributed by atoms with Crippen LogP contribution in [0.3, 0.4) is 0 Å². The lowest BCUT2D eigenvalue weighted by molar-refractivity contribution is -0.139. The molecule has 23 heavy (non-hydrogen) atoms. The molecule has 0 aliphatic rings. The molecule has 0 radical (unpaired) electrons. The van der Waals surface area contributed by atoms with E-state index in [1.54, 1.807) is 44.2 Å². The summed E-state index contributed by atoms with van der Waals surface area (Å²) in [5, 5.41) is 12.6. The van der Waals surface area contributed by atoms with Gasteiger partial charge in [0.15, 0.2) is 6.61 Å². The van der Waals surface area contributed by atoms with Crippen molar-refractivity contribution in [1.29, 1.82) is 0 Å². The summed E-state index contributed by atoms with van der Waals surface area (Å²) in [5.41, 5.74) is 4.13. The van der Waals surface area contributed by atoms with Crippen LogP contribution in [0.5, 0.6) is 5.75 Å². The molecule has 0 saturated heterocycles. The highest BCUT2D eigenvalue weighted by Crippen LogP contribution is 2.14. The first-order valence-corrected chi connectivity index (χ1v) is 6.81. The Morgan fingerprint density at radius 3 is 2.78 bits per heavy atom. The number of carbonyl (C=O) groups is 2. The number of aliphatic carboxylic acids is 1. The van der Waals surface area contributed by atoms with E-state index in [4.69, 9.17) is 14.3 Å². The summed E-state index contributed by atoms with van der Waals surface area (Å²) in [4.78, 5) is 22.4. The van der Waals surface area contributed by atoms with Gasteiger partial charge in [-0.1, -0.05) is 12.1 Å². The maximum atomic E-state index is 11.9. The summed E-state index contributed by atoms with van der Waals surface area (Å²) in [6.45, 7) is 2.99. The van der Waals surface area contributed by atoms with Crippen LogP contribution >= 0.6 is 0 Å². The summed E-state index contributed by atoms with van der Waals surface area (Å²) in [6.07, 6.45) is 1.43. The number of carboxylic acid groups (broad SMARTS) is 1. The first-order chi connectivity index (χ1) is 11.0. The maximum absolute atomic E-state index is 11.9. The van der Waals surface area contributed by atoms with Gasteiger partial charge in [-0.05, 0) is 32.0 Å². The van der Waals surface area contributed by atoms with Gasteiger partial charge in [-0.3, -0.25) is 4.79 Å². The summed E-state index contributed by atoms with van der Waals surface area (Å²) < 4.78 is 10.2. The van der Waals surface area contributed by atoms with Crippen LogP contribution in [-0.2, 0) is 4.79 Å². The van der Waals surface area contributed by atoms with Crippen molar-refractivity contribution in [1.82, 2.24) is 5.43 Å². The molecule has 0 atom stereocenters. The van der Waals surface area contributed by atoms with Crippen LogP contribution in [0.15, 0.2) is 46.1 Å². The molecule has 2 aromatic rings. The van der Waals surface area contributed by atoms with Crippen LogP contribution in [0.4, 0.5) is 0 Å². The summed E-state index contributed by atoms with van der Waals surface area (Å²) in [7, 11) is 0. The van der Waals surface area contributed by atoms with Crippen LogP contribution in [0.1, 0.15) is 28.6 Å². The second-order valence-corrected chi connectivity index (χ2v) is 4.74. The molecular weight excluding hydrogens is 300 g/mol. The largest absolute Gasteiger partial charge is 0.482 e. The van der Waals surface area contributed by atoms with Crippen LogP contribution in [-0.4, -0.2) is 29.3 Å². The van der Waals surface area contributed by atoms with Gasteiger partial charge in [0.05, 0.1) is 17.5 Å². The number of aryl methyl sites for hydroxylation is 1. The van der Waals surface area contributed by atoms with E-state index in [1.807, 2.05) is 0 Å². The second kappa shape index (κ2) is 7.26. The van der Waals surface area contributed by atoms with Gasteiger partial charge in [-0.25, -0.2) is 10.2 Å². The molecule has 0 bridgehead atoms. The molecule has 1 aromatic heterocycles. The van der Waals surface area contributed by atoms with Crippen molar-refractivity contribution >= 4 is 17.6 Å². The molecule has 1 heterocycles. The molecule has 2 rings (SSSR count). The smallest absolute Gasteiger partial charge is 0.341 e. The molecule has 1 amide bonds. The van der Waals surface area contributed by atoms with Gasteiger partial charge in [-0.2, -0.15) is 5.10 Å². The number of nitrogens with one attached hydrogen (secondary N) is 1. The maximum Gasteiger partial charge on any atom is 0.341 e. The molecule has 0 aliphatic carbocycles. The highest BCUT2D eigenvalue weighted by molar-refractivity contribution is 6.01. The van der Waals surface area contributed by atoms with Gasteiger partial charge < -0.3 is 14.3 Å². The Morgan fingerprint density at radius 2 is 2.13 bits per heavy atom. The van der Waals surface area contributed by atoms with Crippen molar-refractivity contribution in [3.8, 4) is 5.75 Å². The van der Waals surface area contributed by atoms with Gasteiger partial charge in [0, 0.05) is 5.56 Å². The monoisotopic (exact) mass is 316 g/mol. The number of hydrazone groups is 1. The van der Waals surface area contributed by atoms with E-state index >= 15 is 0 Å². The van der Waals surface area contributed by atoms with Crippen molar-refractivity contribution in [2.75, 3.05) is 6.61 Å². The predicted octanol–water partition coefficient (Wildman–Crippen LogP) is 2.21. The zero-order chi connectivity index (χ0) is 16.8. The number of furan rings is 1. The molecule has 120 valence electrons. The molecule has 0 spiro atoms. The molecule has 0 saturated carbocycles. The highest BCUT2D eigenvalue weighted by atomic mass is 16.5. The Hall–Kier alpha value is -3.09. The van der Waals surface area contributed by atoms with Gasteiger partial charge in [0.2, 0.25) is 0 Å². The average molecular weight is 316 g/mol. The molecular formula is C16H16N2O5. The first kappa shape index (κ1) is 16.3. The topological polar surface area (TPSA) is 101 Å². The molecule has 2 N–H and O–H groups in total. The molecule has 1 aromatic carbocycles. The molecule has 7 heteroatoms. The fraction of sp³-hybridized carbons (Fsp3) is 0.188. The zero-order valence-electron chi connectivity index (χ0n) is 12.7. The van der Waals surface area contributed by atoms with E-state index in [2.05, 4.69) is 10.5 Å². The third-order valence-corrected chi connectivity index (χ3v) is 3.04. The van der Waals surface area contributed by atoms with E-state index < -0.39 is 12.6 Å². The zero-order valence-corrected chi connectivity index (χ0v) is 12.7. The van der Waals surface area contributed by atoms with Crippen LogP contribution in [0, 0.1) is 6.92 Å². The van der Waals surface area contributed by atoms with E-state index in [9.17, 15) is 9.59 Å². The lowest BCUT2D eigenvalue weighted by atomic mass is 10.1. The van der Waals surface area contributed by atoms with E-state index in [0.717, 1.165) is 0 Å². The summed E-state index contributed by atoms with van der Waals surface area (Å²) >= 11 is 0. The van der Waals surface area contributed by atoms with Crippen molar-refractivity contribution in [3.05, 3.63) is 53.5 Å².